The molecule has 0 aliphatic heterocycles. The molecule has 2 rings (SSSR count). The second-order valence-electron chi connectivity index (χ2n) is 4.31. The minimum Gasteiger partial charge on any atom is -0.497 e. The molecule has 126 valence electrons. The van der Waals surface area contributed by atoms with Gasteiger partial charge in [0.2, 0.25) is 0 Å². The molecule has 0 bridgehead atoms. The highest BCUT2D eigenvalue weighted by atomic mass is 16.7. The molecule has 0 atom stereocenters. The van der Waals surface area contributed by atoms with Gasteiger partial charge in [-0.2, -0.15) is 0 Å². The summed E-state index contributed by atoms with van der Waals surface area (Å²) in [5.41, 5.74) is 0. The van der Waals surface area contributed by atoms with Gasteiger partial charge in [-0.1, -0.05) is 6.07 Å². The van der Waals surface area contributed by atoms with Gasteiger partial charge in [-0.05, 0) is 24.3 Å². The third-order valence-electron chi connectivity index (χ3n) is 2.78. The van der Waals surface area contributed by atoms with Crippen LogP contribution in [0.1, 0.15) is 0 Å². The fourth-order valence-electron chi connectivity index (χ4n) is 1.75. The average molecular weight is 334 g/mol. The van der Waals surface area contributed by atoms with Crippen molar-refractivity contribution in [3.63, 3.8) is 0 Å². The van der Waals surface area contributed by atoms with Gasteiger partial charge in [0.15, 0.2) is 11.5 Å². The first-order valence-electron chi connectivity index (χ1n) is 6.64. The molecular formula is C16H14O8. The third-order valence-corrected chi connectivity index (χ3v) is 2.78. The Kier molecular flexibility index (Phi) is 5.45. The van der Waals surface area contributed by atoms with E-state index < -0.39 is 12.3 Å². The van der Waals surface area contributed by atoms with Gasteiger partial charge in [0.1, 0.15) is 17.2 Å². The first-order valence-corrected chi connectivity index (χ1v) is 6.64. The van der Waals surface area contributed by atoms with E-state index in [-0.39, 0.29) is 17.2 Å². The lowest BCUT2D eigenvalue weighted by Crippen LogP contribution is -2.15. The predicted octanol–water partition coefficient (Wildman–Crippen LogP) is 3.34. The van der Waals surface area contributed by atoms with Gasteiger partial charge in [-0.25, -0.2) is 9.59 Å². The van der Waals surface area contributed by atoms with Crippen molar-refractivity contribution >= 4 is 12.3 Å². The van der Waals surface area contributed by atoms with Gasteiger partial charge in [0.25, 0.3) is 0 Å². The number of methoxy groups -OCH3 is 2. The van der Waals surface area contributed by atoms with E-state index in [0.717, 1.165) is 0 Å². The molecule has 8 heteroatoms. The van der Waals surface area contributed by atoms with Crippen LogP contribution in [0, 0.1) is 0 Å². The lowest BCUT2D eigenvalue weighted by atomic mass is 10.3. The van der Waals surface area contributed by atoms with Crippen molar-refractivity contribution in [2.75, 3.05) is 14.2 Å². The van der Waals surface area contributed by atoms with Crippen LogP contribution >= 0.6 is 0 Å². The standard InChI is InChI=1S/C16H14O8/c1-20-10-4-3-5-12(8-10)22-16(19)24-14-9-11(21-2)6-7-13(14)23-15(17)18/h3-9H,1-2H3,(H,17,18). The minimum absolute atomic E-state index is 0.162. The zero-order valence-corrected chi connectivity index (χ0v) is 12.8. The molecule has 8 nitrogen and oxygen atoms in total. The maximum absolute atomic E-state index is 11.9. The van der Waals surface area contributed by atoms with Crippen molar-refractivity contribution in [1.29, 1.82) is 0 Å². The predicted molar refractivity (Wildman–Crippen MR) is 81.3 cm³/mol. The molecule has 0 heterocycles. The summed E-state index contributed by atoms with van der Waals surface area (Å²) in [4.78, 5) is 22.6. The molecule has 0 fully saturated rings. The maximum atomic E-state index is 11.9. The Morgan fingerprint density at radius 2 is 1.46 bits per heavy atom. The molecule has 2 aromatic rings. The second-order valence-corrected chi connectivity index (χ2v) is 4.31. The summed E-state index contributed by atoms with van der Waals surface area (Å²) in [7, 11) is 2.88. The van der Waals surface area contributed by atoms with Crippen molar-refractivity contribution in [3.05, 3.63) is 42.5 Å². The van der Waals surface area contributed by atoms with Gasteiger partial charge in [0, 0.05) is 12.1 Å². The average Bonchev–Trinajstić information content (AvgIpc) is 2.56. The highest BCUT2D eigenvalue weighted by molar-refractivity contribution is 5.70. The van der Waals surface area contributed by atoms with Crippen LogP contribution in [-0.4, -0.2) is 31.6 Å². The summed E-state index contributed by atoms with van der Waals surface area (Å²) in [6, 6.07) is 10.4. The smallest absolute Gasteiger partial charge is 0.497 e. The molecule has 0 aromatic heterocycles. The Morgan fingerprint density at radius 3 is 2.12 bits per heavy atom. The Balaban J connectivity index is 2.15. The Bertz CT molecular complexity index is 741. The minimum atomic E-state index is -1.55. The molecule has 24 heavy (non-hydrogen) atoms. The van der Waals surface area contributed by atoms with E-state index in [9.17, 15) is 9.59 Å². The summed E-state index contributed by atoms with van der Waals surface area (Å²) in [6.07, 6.45) is -2.63. The number of benzene rings is 2. The SMILES string of the molecule is COc1cccc(OC(=O)Oc2cc(OC)ccc2OC(=O)O)c1. The first kappa shape index (κ1) is 16.9. The number of ether oxygens (including phenoxy) is 5. The van der Waals surface area contributed by atoms with Crippen LogP contribution in [0.4, 0.5) is 9.59 Å². The van der Waals surface area contributed by atoms with Gasteiger partial charge >= 0.3 is 12.3 Å². The zero-order chi connectivity index (χ0) is 17.5. The molecule has 0 saturated heterocycles. The van der Waals surface area contributed by atoms with E-state index >= 15 is 0 Å². The molecule has 1 N–H and O–H groups in total. The van der Waals surface area contributed by atoms with E-state index in [0.29, 0.717) is 11.5 Å². The Hall–Kier alpha value is -3.42. The Morgan fingerprint density at radius 1 is 0.792 bits per heavy atom. The molecule has 0 spiro atoms. The molecule has 0 aliphatic carbocycles. The number of carboxylic acid groups (broad SMARTS) is 1. The summed E-state index contributed by atoms with van der Waals surface area (Å²) in [5.74, 6) is 0.701. The van der Waals surface area contributed by atoms with E-state index in [1.165, 1.54) is 44.6 Å². The van der Waals surface area contributed by atoms with Crippen LogP contribution in [0.25, 0.3) is 0 Å². The van der Waals surface area contributed by atoms with Crippen LogP contribution in [0.5, 0.6) is 28.7 Å². The summed E-state index contributed by atoms with van der Waals surface area (Å²) in [6.45, 7) is 0. The zero-order valence-electron chi connectivity index (χ0n) is 12.8. The van der Waals surface area contributed by atoms with Gasteiger partial charge < -0.3 is 28.8 Å². The molecule has 0 radical (unpaired) electrons. The molecule has 0 aliphatic rings. The normalized spacial score (nSPS) is 9.75. The van der Waals surface area contributed by atoms with E-state index in [1.54, 1.807) is 12.1 Å². The van der Waals surface area contributed by atoms with Crippen LogP contribution < -0.4 is 23.7 Å². The van der Waals surface area contributed by atoms with Crippen LogP contribution in [-0.2, 0) is 0 Å². The van der Waals surface area contributed by atoms with E-state index in [1.807, 2.05) is 0 Å². The summed E-state index contributed by atoms with van der Waals surface area (Å²) >= 11 is 0. The lowest BCUT2D eigenvalue weighted by molar-refractivity contribution is 0.136. The molecule has 0 saturated carbocycles. The van der Waals surface area contributed by atoms with Crippen molar-refractivity contribution in [2.45, 2.75) is 0 Å². The lowest BCUT2D eigenvalue weighted by Gasteiger charge is -2.11. The number of carbonyl (C=O) groups excluding carboxylic acids is 1. The highest BCUT2D eigenvalue weighted by Crippen LogP contribution is 2.32. The van der Waals surface area contributed by atoms with Crippen LogP contribution in [0.15, 0.2) is 42.5 Å². The fraction of sp³-hybridized carbons (Fsp3) is 0.125. The van der Waals surface area contributed by atoms with E-state index in [2.05, 4.69) is 4.74 Å². The Labute approximate surface area is 137 Å². The van der Waals surface area contributed by atoms with Gasteiger partial charge in [0.05, 0.1) is 14.2 Å². The van der Waals surface area contributed by atoms with Crippen molar-refractivity contribution in [3.8, 4) is 28.7 Å². The second kappa shape index (κ2) is 7.73. The number of rotatable bonds is 5. The highest BCUT2D eigenvalue weighted by Gasteiger charge is 2.16. The monoisotopic (exact) mass is 334 g/mol. The largest absolute Gasteiger partial charge is 0.519 e. The molecule has 0 amide bonds. The summed E-state index contributed by atoms with van der Waals surface area (Å²) in [5, 5.41) is 8.71. The topological polar surface area (TPSA) is 101 Å². The molecule has 0 unspecified atom stereocenters. The number of carbonyl (C=O) groups is 2. The first-order chi connectivity index (χ1) is 11.5. The number of hydrogen-bond acceptors (Lipinski definition) is 7. The van der Waals surface area contributed by atoms with Crippen molar-refractivity contribution in [1.82, 2.24) is 0 Å². The van der Waals surface area contributed by atoms with Crippen LogP contribution in [0.2, 0.25) is 0 Å². The number of hydrogen-bond donors (Lipinski definition) is 1. The van der Waals surface area contributed by atoms with Gasteiger partial charge in [-0.15, -0.1) is 0 Å². The van der Waals surface area contributed by atoms with Crippen LogP contribution in [0.3, 0.4) is 0 Å². The third kappa shape index (κ3) is 4.54. The van der Waals surface area contributed by atoms with Crippen molar-refractivity contribution < 1.29 is 38.4 Å². The van der Waals surface area contributed by atoms with E-state index in [4.69, 9.17) is 24.1 Å². The van der Waals surface area contributed by atoms with Crippen molar-refractivity contribution in [2.24, 2.45) is 0 Å². The van der Waals surface area contributed by atoms with Gasteiger partial charge in [-0.3, -0.25) is 0 Å². The quantitative estimate of drug-likeness (QED) is 0.656. The molecular weight excluding hydrogens is 320 g/mol. The molecule has 2 aromatic carbocycles. The summed E-state index contributed by atoms with van der Waals surface area (Å²) < 4.78 is 24.6. The maximum Gasteiger partial charge on any atom is 0.519 e. The fourth-order valence-corrected chi connectivity index (χ4v) is 1.75.